The number of benzene rings is 2. The quantitative estimate of drug-likeness (QED) is 0.751. The summed E-state index contributed by atoms with van der Waals surface area (Å²) < 4.78 is 0. The van der Waals surface area contributed by atoms with Crippen molar-refractivity contribution in [2.75, 3.05) is 6.54 Å². The highest BCUT2D eigenvalue weighted by atomic mass is 16.3. The summed E-state index contributed by atoms with van der Waals surface area (Å²) in [5.74, 6) is 0. The predicted octanol–water partition coefficient (Wildman–Crippen LogP) is 3.93. The van der Waals surface area contributed by atoms with Gasteiger partial charge >= 0.3 is 0 Å². The Morgan fingerprint density at radius 1 is 1.04 bits per heavy atom. The molecule has 0 fully saturated rings. The van der Waals surface area contributed by atoms with Gasteiger partial charge in [0.25, 0.3) is 0 Å². The Morgan fingerprint density at radius 3 is 2.61 bits per heavy atom. The van der Waals surface area contributed by atoms with Gasteiger partial charge in [0.1, 0.15) is 0 Å². The molecule has 1 unspecified atom stereocenters. The van der Waals surface area contributed by atoms with E-state index >= 15 is 0 Å². The molecule has 1 aromatic heterocycles. The van der Waals surface area contributed by atoms with E-state index in [1.807, 2.05) is 19.1 Å². The first-order chi connectivity index (χ1) is 11.1. The third-order valence-electron chi connectivity index (χ3n) is 4.23. The van der Waals surface area contributed by atoms with Crippen LogP contribution in [0, 0.1) is 6.92 Å². The first kappa shape index (κ1) is 15.7. The van der Waals surface area contributed by atoms with Gasteiger partial charge in [0.2, 0.25) is 0 Å². The molecule has 0 saturated heterocycles. The zero-order chi connectivity index (χ0) is 16.2. The van der Waals surface area contributed by atoms with Gasteiger partial charge in [-0.05, 0) is 36.2 Å². The van der Waals surface area contributed by atoms with Crippen molar-refractivity contribution in [1.82, 2.24) is 10.3 Å². The van der Waals surface area contributed by atoms with E-state index < -0.39 is 6.10 Å². The minimum Gasteiger partial charge on any atom is -0.387 e. The van der Waals surface area contributed by atoms with Crippen LogP contribution in [0.25, 0.3) is 10.8 Å². The maximum Gasteiger partial charge on any atom is 0.0929 e. The number of rotatable bonds is 5. The Kier molecular flexibility index (Phi) is 4.70. The van der Waals surface area contributed by atoms with Crippen molar-refractivity contribution < 1.29 is 5.11 Å². The lowest BCUT2D eigenvalue weighted by Gasteiger charge is -2.19. The lowest BCUT2D eigenvalue weighted by atomic mass is 9.99. The highest BCUT2D eigenvalue weighted by molar-refractivity contribution is 5.86. The molecule has 2 atom stereocenters. The largest absolute Gasteiger partial charge is 0.387 e. The van der Waals surface area contributed by atoms with Gasteiger partial charge in [0.15, 0.2) is 0 Å². The summed E-state index contributed by atoms with van der Waals surface area (Å²) >= 11 is 0. The molecule has 0 amide bonds. The number of pyridine rings is 1. The molecule has 0 radical (unpaired) electrons. The summed E-state index contributed by atoms with van der Waals surface area (Å²) in [4.78, 5) is 4.24. The lowest BCUT2D eigenvalue weighted by molar-refractivity contribution is 0.170. The molecule has 2 aromatic carbocycles. The smallest absolute Gasteiger partial charge is 0.0929 e. The molecule has 0 saturated carbocycles. The number of hydrogen-bond donors (Lipinski definition) is 2. The molecule has 0 aliphatic rings. The Bertz CT molecular complexity index is 778. The Balaban J connectivity index is 1.71. The molecule has 0 aliphatic carbocycles. The normalized spacial score (nSPS) is 13.9. The third-order valence-corrected chi connectivity index (χ3v) is 4.23. The van der Waals surface area contributed by atoms with Gasteiger partial charge < -0.3 is 10.4 Å². The van der Waals surface area contributed by atoms with Gasteiger partial charge in [-0.3, -0.25) is 4.98 Å². The summed E-state index contributed by atoms with van der Waals surface area (Å²) in [5, 5.41) is 16.2. The first-order valence-electron chi connectivity index (χ1n) is 7.97. The average molecular weight is 306 g/mol. The second kappa shape index (κ2) is 6.90. The van der Waals surface area contributed by atoms with Crippen molar-refractivity contribution in [1.29, 1.82) is 0 Å². The van der Waals surface area contributed by atoms with Gasteiger partial charge in [-0.15, -0.1) is 0 Å². The minimum absolute atomic E-state index is 0.161. The Labute approximate surface area is 137 Å². The summed E-state index contributed by atoms with van der Waals surface area (Å²) in [5.41, 5.74) is 3.04. The molecule has 23 heavy (non-hydrogen) atoms. The van der Waals surface area contributed by atoms with E-state index in [-0.39, 0.29) is 6.04 Å². The highest BCUT2D eigenvalue weighted by Gasteiger charge is 2.12. The number of aryl methyl sites for hydroxylation is 1. The van der Waals surface area contributed by atoms with Crippen LogP contribution < -0.4 is 5.32 Å². The molecule has 118 valence electrons. The molecule has 1 heterocycles. The molecule has 0 aliphatic heterocycles. The van der Waals surface area contributed by atoms with Crippen molar-refractivity contribution in [2.45, 2.75) is 26.0 Å². The molecule has 3 nitrogen and oxygen atoms in total. The lowest BCUT2D eigenvalue weighted by Crippen LogP contribution is -2.25. The van der Waals surface area contributed by atoms with Crippen LogP contribution in [0.1, 0.15) is 35.9 Å². The van der Waals surface area contributed by atoms with Crippen molar-refractivity contribution in [2.24, 2.45) is 0 Å². The summed E-state index contributed by atoms with van der Waals surface area (Å²) in [6, 6.07) is 18.7. The van der Waals surface area contributed by atoms with Crippen LogP contribution in [0.4, 0.5) is 0 Å². The van der Waals surface area contributed by atoms with Crippen molar-refractivity contribution in [3.63, 3.8) is 0 Å². The third kappa shape index (κ3) is 3.58. The number of fused-ring (bicyclic) bond motifs is 1. The number of hydrogen-bond acceptors (Lipinski definition) is 3. The van der Waals surface area contributed by atoms with Crippen LogP contribution in [0.15, 0.2) is 60.8 Å². The average Bonchev–Trinajstić information content (AvgIpc) is 2.59. The minimum atomic E-state index is -0.555. The fraction of sp³-hybridized carbons (Fsp3) is 0.250. The van der Waals surface area contributed by atoms with Crippen LogP contribution in [-0.2, 0) is 0 Å². The number of aromatic nitrogens is 1. The number of aliphatic hydroxyl groups is 1. The van der Waals surface area contributed by atoms with Gasteiger partial charge in [-0.1, -0.05) is 48.5 Å². The molecule has 3 heteroatoms. The Morgan fingerprint density at radius 2 is 1.83 bits per heavy atom. The number of aliphatic hydroxyl groups excluding tert-OH is 1. The van der Waals surface area contributed by atoms with E-state index in [4.69, 9.17) is 0 Å². The second-order valence-corrected chi connectivity index (χ2v) is 5.95. The predicted molar refractivity (Wildman–Crippen MR) is 94.3 cm³/mol. The first-order valence-corrected chi connectivity index (χ1v) is 7.97. The van der Waals surface area contributed by atoms with Gasteiger partial charge in [-0.2, -0.15) is 0 Å². The number of nitrogens with zero attached hydrogens (tertiary/aromatic N) is 1. The second-order valence-electron chi connectivity index (χ2n) is 5.95. The molecule has 3 aromatic rings. The maximum atomic E-state index is 10.3. The summed E-state index contributed by atoms with van der Waals surface area (Å²) in [6.45, 7) is 4.56. The van der Waals surface area contributed by atoms with Crippen LogP contribution in [-0.4, -0.2) is 16.6 Å². The zero-order valence-corrected chi connectivity index (χ0v) is 13.5. The van der Waals surface area contributed by atoms with Crippen LogP contribution >= 0.6 is 0 Å². The van der Waals surface area contributed by atoms with Gasteiger partial charge in [0, 0.05) is 30.0 Å². The SMILES string of the molecule is Cc1ccc(C(O)CN[C@H](C)c2cccc3ccccc23)cn1. The molecule has 0 spiro atoms. The molecule has 3 rings (SSSR count). The molecular weight excluding hydrogens is 284 g/mol. The standard InChI is InChI=1S/C20H22N2O/c1-14-10-11-17(12-21-14)20(23)13-22-15(2)18-9-5-7-16-6-3-4-8-19(16)18/h3-12,15,20,22-23H,13H2,1-2H3/t15-,20?/m1/s1. The van der Waals surface area contributed by atoms with E-state index in [2.05, 4.69) is 59.7 Å². The van der Waals surface area contributed by atoms with E-state index in [9.17, 15) is 5.11 Å². The zero-order valence-electron chi connectivity index (χ0n) is 13.5. The monoisotopic (exact) mass is 306 g/mol. The van der Waals surface area contributed by atoms with E-state index in [1.165, 1.54) is 16.3 Å². The maximum absolute atomic E-state index is 10.3. The van der Waals surface area contributed by atoms with E-state index in [1.54, 1.807) is 6.20 Å². The van der Waals surface area contributed by atoms with E-state index in [0.717, 1.165) is 11.3 Å². The van der Waals surface area contributed by atoms with Crippen molar-refractivity contribution in [3.8, 4) is 0 Å². The van der Waals surface area contributed by atoms with Crippen molar-refractivity contribution >= 4 is 10.8 Å². The molecular formula is C20H22N2O. The van der Waals surface area contributed by atoms with E-state index in [0.29, 0.717) is 6.54 Å². The fourth-order valence-electron chi connectivity index (χ4n) is 2.82. The van der Waals surface area contributed by atoms with Crippen molar-refractivity contribution in [3.05, 3.63) is 77.6 Å². The summed E-state index contributed by atoms with van der Waals surface area (Å²) in [7, 11) is 0. The molecule has 2 N–H and O–H groups in total. The summed E-state index contributed by atoms with van der Waals surface area (Å²) in [6.07, 6.45) is 1.19. The van der Waals surface area contributed by atoms with Gasteiger partial charge in [-0.25, -0.2) is 0 Å². The topological polar surface area (TPSA) is 45.1 Å². The Hall–Kier alpha value is -2.23. The highest BCUT2D eigenvalue weighted by Crippen LogP contribution is 2.24. The fourth-order valence-corrected chi connectivity index (χ4v) is 2.82. The number of nitrogens with one attached hydrogen (secondary N) is 1. The van der Waals surface area contributed by atoms with Crippen LogP contribution in [0.5, 0.6) is 0 Å². The molecule has 0 bridgehead atoms. The van der Waals surface area contributed by atoms with Crippen LogP contribution in [0.2, 0.25) is 0 Å². The van der Waals surface area contributed by atoms with Gasteiger partial charge in [0.05, 0.1) is 6.10 Å². The van der Waals surface area contributed by atoms with Crippen LogP contribution in [0.3, 0.4) is 0 Å².